The van der Waals surface area contributed by atoms with Crippen molar-refractivity contribution in [1.29, 1.82) is 0 Å². The number of amides is 1. The summed E-state index contributed by atoms with van der Waals surface area (Å²) in [5.74, 6) is 4.78. The number of alkyl halides is 3. The second-order valence-corrected chi connectivity index (χ2v) is 7.50. The molecule has 4 rings (SSSR count). The average molecular weight is 466 g/mol. The van der Waals surface area contributed by atoms with Crippen molar-refractivity contribution in [3.63, 3.8) is 0 Å². The molecule has 0 heterocycles. The Bertz CT molecular complexity index is 1280. The zero-order valence-corrected chi connectivity index (χ0v) is 17.6. The minimum Gasteiger partial charge on any atom is -0.449 e. The van der Waals surface area contributed by atoms with E-state index in [0.29, 0.717) is 12.1 Å². The van der Waals surface area contributed by atoms with Gasteiger partial charge < -0.3 is 10.1 Å². The molecule has 9 heteroatoms. The molecule has 0 aliphatic heterocycles. The van der Waals surface area contributed by atoms with Crippen LogP contribution in [0.1, 0.15) is 28.2 Å². The van der Waals surface area contributed by atoms with Gasteiger partial charge in [-0.05, 0) is 28.3 Å². The molecular formula is C25H17F3N2O4. The number of nitrogens with one attached hydrogen (secondary N) is 1. The number of nitro benzene ring substituents is 1. The van der Waals surface area contributed by atoms with Gasteiger partial charge in [-0.15, -0.1) is 0 Å². The second-order valence-electron chi connectivity index (χ2n) is 7.50. The van der Waals surface area contributed by atoms with Crippen LogP contribution < -0.4 is 5.32 Å². The quantitative estimate of drug-likeness (QED) is 0.313. The first-order valence-corrected chi connectivity index (χ1v) is 10.2. The topological polar surface area (TPSA) is 81.5 Å². The molecular weight excluding hydrogens is 449 g/mol. The van der Waals surface area contributed by atoms with Gasteiger partial charge in [-0.1, -0.05) is 60.4 Å². The summed E-state index contributed by atoms with van der Waals surface area (Å²) in [5, 5.41) is 13.3. The summed E-state index contributed by atoms with van der Waals surface area (Å²) in [5.41, 5.74) is 2.22. The van der Waals surface area contributed by atoms with Crippen LogP contribution in [0.15, 0.2) is 66.7 Å². The third-order valence-electron chi connectivity index (χ3n) is 5.35. The maximum absolute atomic E-state index is 13.0. The van der Waals surface area contributed by atoms with Crippen molar-refractivity contribution in [3.05, 3.63) is 99.1 Å². The SMILES string of the molecule is O=C(NCC#Cc1cc([N+](=O)[O-])cc(C(F)(F)F)c1)OCC1c2ccccc2-c2ccccc21. The van der Waals surface area contributed by atoms with Crippen molar-refractivity contribution < 1.29 is 27.6 Å². The van der Waals surface area contributed by atoms with Gasteiger partial charge in [-0.2, -0.15) is 13.2 Å². The first kappa shape index (κ1) is 22.9. The molecule has 0 saturated carbocycles. The first-order chi connectivity index (χ1) is 16.2. The standard InChI is InChI=1S/C25H17F3N2O4/c26-25(27,28)17-12-16(13-18(14-17)30(32)33)6-5-11-29-24(31)34-15-23-21-9-3-1-7-19(21)20-8-2-4-10-22(20)23/h1-4,7-10,12-14,23H,11,15H2,(H,29,31). The largest absolute Gasteiger partial charge is 0.449 e. The second kappa shape index (κ2) is 9.27. The fraction of sp³-hybridized carbons (Fsp3) is 0.160. The van der Waals surface area contributed by atoms with Crippen molar-refractivity contribution in [2.75, 3.05) is 13.2 Å². The molecule has 3 aromatic carbocycles. The van der Waals surface area contributed by atoms with E-state index in [0.717, 1.165) is 28.3 Å². The van der Waals surface area contributed by atoms with E-state index in [-0.39, 0.29) is 24.6 Å². The van der Waals surface area contributed by atoms with Crippen LogP contribution in [-0.2, 0) is 10.9 Å². The summed E-state index contributed by atoms with van der Waals surface area (Å²) in [6, 6.07) is 17.8. The molecule has 0 radical (unpaired) electrons. The molecule has 1 N–H and O–H groups in total. The number of benzene rings is 3. The van der Waals surface area contributed by atoms with Crippen LogP contribution in [0.5, 0.6) is 0 Å². The van der Waals surface area contributed by atoms with E-state index in [2.05, 4.69) is 17.2 Å². The Balaban J connectivity index is 1.38. The minimum atomic E-state index is -4.75. The number of fused-ring (bicyclic) bond motifs is 3. The lowest BCUT2D eigenvalue weighted by Gasteiger charge is -2.14. The number of rotatable bonds is 4. The Hall–Kier alpha value is -4.32. The number of nitrogens with zero attached hydrogens (tertiary/aromatic N) is 1. The Kier molecular flexibility index (Phi) is 6.23. The van der Waals surface area contributed by atoms with Crippen LogP contribution >= 0.6 is 0 Å². The van der Waals surface area contributed by atoms with E-state index in [9.17, 15) is 28.1 Å². The smallest absolute Gasteiger partial charge is 0.416 e. The highest BCUT2D eigenvalue weighted by atomic mass is 19.4. The highest BCUT2D eigenvalue weighted by Crippen LogP contribution is 2.44. The Morgan fingerprint density at radius 2 is 1.65 bits per heavy atom. The first-order valence-electron chi connectivity index (χ1n) is 10.2. The van der Waals surface area contributed by atoms with E-state index >= 15 is 0 Å². The summed E-state index contributed by atoms with van der Waals surface area (Å²) in [4.78, 5) is 22.1. The van der Waals surface area contributed by atoms with Crippen LogP contribution in [0.3, 0.4) is 0 Å². The normalized spacial score (nSPS) is 12.2. The molecule has 1 aliphatic carbocycles. The number of halogens is 3. The molecule has 0 aromatic heterocycles. The van der Waals surface area contributed by atoms with Gasteiger partial charge >= 0.3 is 12.3 Å². The zero-order chi connectivity index (χ0) is 24.3. The van der Waals surface area contributed by atoms with Crippen molar-refractivity contribution in [2.24, 2.45) is 0 Å². The van der Waals surface area contributed by atoms with Gasteiger partial charge in [0.15, 0.2) is 0 Å². The van der Waals surface area contributed by atoms with Gasteiger partial charge in [0.2, 0.25) is 0 Å². The highest BCUT2D eigenvalue weighted by molar-refractivity contribution is 5.79. The van der Waals surface area contributed by atoms with Crippen molar-refractivity contribution in [1.82, 2.24) is 5.32 Å². The summed E-state index contributed by atoms with van der Waals surface area (Å²) >= 11 is 0. The number of nitro groups is 1. The third kappa shape index (κ3) is 4.86. The van der Waals surface area contributed by atoms with Gasteiger partial charge in [0, 0.05) is 23.6 Å². The minimum absolute atomic E-state index is 0.104. The molecule has 0 bridgehead atoms. The van der Waals surface area contributed by atoms with Crippen LogP contribution in [0, 0.1) is 22.0 Å². The molecule has 1 aliphatic rings. The number of ether oxygens (including phenoxy) is 1. The Labute approximate surface area is 192 Å². The number of carbonyl (C=O) groups is 1. The van der Waals surface area contributed by atoms with Gasteiger partial charge in [0.25, 0.3) is 5.69 Å². The van der Waals surface area contributed by atoms with E-state index < -0.39 is 28.4 Å². The fourth-order valence-corrected chi connectivity index (χ4v) is 3.86. The monoisotopic (exact) mass is 466 g/mol. The highest BCUT2D eigenvalue weighted by Gasteiger charge is 2.32. The van der Waals surface area contributed by atoms with Crippen LogP contribution in [0.4, 0.5) is 23.7 Å². The molecule has 0 fully saturated rings. The lowest BCUT2D eigenvalue weighted by atomic mass is 9.98. The van der Waals surface area contributed by atoms with Crippen LogP contribution in [0.2, 0.25) is 0 Å². The number of hydrogen-bond donors (Lipinski definition) is 1. The summed E-state index contributed by atoms with van der Waals surface area (Å²) in [6.07, 6.45) is -5.48. The van der Waals surface area contributed by atoms with Gasteiger partial charge in [-0.3, -0.25) is 10.1 Å². The lowest BCUT2D eigenvalue weighted by Crippen LogP contribution is -2.26. The maximum atomic E-state index is 13.0. The van der Waals surface area contributed by atoms with Gasteiger partial charge in [0.1, 0.15) is 6.61 Å². The molecule has 172 valence electrons. The number of non-ortho nitro benzene ring substituents is 1. The average Bonchev–Trinajstić information content (AvgIpc) is 3.13. The summed E-state index contributed by atoms with van der Waals surface area (Å²) < 4.78 is 44.2. The number of alkyl carbamates (subject to hydrolysis) is 1. The molecule has 0 unspecified atom stereocenters. The van der Waals surface area contributed by atoms with E-state index in [1.807, 2.05) is 48.5 Å². The molecule has 34 heavy (non-hydrogen) atoms. The van der Waals surface area contributed by atoms with Crippen molar-refractivity contribution in [3.8, 4) is 23.0 Å². The fourth-order valence-electron chi connectivity index (χ4n) is 3.86. The molecule has 0 saturated heterocycles. The predicted molar refractivity (Wildman–Crippen MR) is 118 cm³/mol. The van der Waals surface area contributed by atoms with Crippen LogP contribution in [-0.4, -0.2) is 24.2 Å². The van der Waals surface area contributed by atoms with Gasteiger partial charge in [0.05, 0.1) is 17.0 Å². The van der Waals surface area contributed by atoms with E-state index in [1.54, 1.807) is 0 Å². The van der Waals surface area contributed by atoms with Crippen molar-refractivity contribution in [2.45, 2.75) is 12.1 Å². The maximum Gasteiger partial charge on any atom is 0.416 e. The predicted octanol–water partition coefficient (Wildman–Crippen LogP) is 5.50. The third-order valence-corrected chi connectivity index (χ3v) is 5.35. The van der Waals surface area contributed by atoms with Gasteiger partial charge in [-0.25, -0.2) is 4.79 Å². The zero-order valence-electron chi connectivity index (χ0n) is 17.6. The molecule has 0 spiro atoms. The number of carbonyl (C=O) groups excluding carboxylic acids is 1. The molecule has 3 aromatic rings. The Morgan fingerprint density at radius 1 is 1.03 bits per heavy atom. The molecule has 0 atom stereocenters. The lowest BCUT2D eigenvalue weighted by molar-refractivity contribution is -0.385. The van der Waals surface area contributed by atoms with E-state index in [1.165, 1.54) is 0 Å². The summed E-state index contributed by atoms with van der Waals surface area (Å²) in [6.45, 7) is -0.103. The summed E-state index contributed by atoms with van der Waals surface area (Å²) in [7, 11) is 0. The van der Waals surface area contributed by atoms with Crippen LogP contribution in [0.25, 0.3) is 11.1 Å². The number of hydrogen-bond acceptors (Lipinski definition) is 4. The van der Waals surface area contributed by atoms with Crippen molar-refractivity contribution >= 4 is 11.8 Å². The Morgan fingerprint density at radius 3 is 2.24 bits per heavy atom. The molecule has 6 nitrogen and oxygen atoms in total. The van der Waals surface area contributed by atoms with E-state index in [4.69, 9.17) is 4.74 Å². The molecule has 1 amide bonds.